The molecule has 1 unspecified atom stereocenters. The van der Waals surface area contributed by atoms with Crippen LogP contribution in [0.5, 0.6) is 0 Å². The fourth-order valence-corrected chi connectivity index (χ4v) is 3.48. The van der Waals surface area contributed by atoms with Crippen LogP contribution in [0, 0.1) is 6.92 Å². The third-order valence-electron chi connectivity index (χ3n) is 4.80. The number of likely N-dealkylation sites (N-methyl/N-ethyl adjacent to an activating group) is 1. The van der Waals surface area contributed by atoms with Gasteiger partial charge in [-0.05, 0) is 31.9 Å². The van der Waals surface area contributed by atoms with Crippen LogP contribution in [0.15, 0.2) is 30.3 Å². The number of likely N-dealkylation sites (tertiary alicyclic amines) is 1. The van der Waals surface area contributed by atoms with Gasteiger partial charge in [0.2, 0.25) is 0 Å². The lowest BCUT2D eigenvalue weighted by atomic mass is 10.1. The SMILES string of the molecule is Cc1nn(C)c(N)c1C(=O)N1CCCC1CN(C)c1ccccc1. The zero-order valence-corrected chi connectivity index (χ0v) is 14.6. The minimum atomic E-state index is 0.00191. The van der Waals surface area contributed by atoms with E-state index in [1.54, 1.807) is 11.7 Å². The number of nitrogens with zero attached hydrogens (tertiary/aromatic N) is 4. The Morgan fingerprint density at radius 1 is 1.38 bits per heavy atom. The van der Waals surface area contributed by atoms with E-state index in [1.807, 2.05) is 30.0 Å². The summed E-state index contributed by atoms with van der Waals surface area (Å²) in [7, 11) is 3.84. The molecule has 24 heavy (non-hydrogen) atoms. The molecule has 2 heterocycles. The highest BCUT2D eigenvalue weighted by atomic mass is 16.2. The third kappa shape index (κ3) is 2.96. The van der Waals surface area contributed by atoms with E-state index in [9.17, 15) is 4.79 Å². The summed E-state index contributed by atoms with van der Waals surface area (Å²) in [6, 6.07) is 10.4. The number of anilines is 2. The van der Waals surface area contributed by atoms with E-state index in [0.29, 0.717) is 17.1 Å². The van der Waals surface area contributed by atoms with E-state index >= 15 is 0 Å². The smallest absolute Gasteiger partial charge is 0.259 e. The van der Waals surface area contributed by atoms with Gasteiger partial charge in [0.15, 0.2) is 0 Å². The highest BCUT2D eigenvalue weighted by Crippen LogP contribution is 2.25. The van der Waals surface area contributed by atoms with E-state index in [1.165, 1.54) is 0 Å². The van der Waals surface area contributed by atoms with E-state index in [-0.39, 0.29) is 11.9 Å². The average molecular weight is 327 g/mol. The molecule has 0 saturated carbocycles. The Labute approximate surface area is 142 Å². The quantitative estimate of drug-likeness (QED) is 0.933. The largest absolute Gasteiger partial charge is 0.383 e. The summed E-state index contributed by atoms with van der Waals surface area (Å²) in [5.74, 6) is 0.446. The van der Waals surface area contributed by atoms with Crippen LogP contribution < -0.4 is 10.6 Å². The second-order valence-corrected chi connectivity index (χ2v) is 6.48. The van der Waals surface area contributed by atoms with Crippen molar-refractivity contribution in [1.29, 1.82) is 0 Å². The summed E-state index contributed by atoms with van der Waals surface area (Å²) < 4.78 is 1.57. The number of benzene rings is 1. The second-order valence-electron chi connectivity index (χ2n) is 6.48. The summed E-state index contributed by atoms with van der Waals surface area (Å²) in [6.07, 6.45) is 2.04. The van der Waals surface area contributed by atoms with E-state index in [4.69, 9.17) is 5.73 Å². The minimum absolute atomic E-state index is 0.00191. The predicted molar refractivity (Wildman–Crippen MR) is 96.1 cm³/mol. The van der Waals surface area contributed by atoms with Gasteiger partial charge in [0.1, 0.15) is 11.4 Å². The number of nitrogen functional groups attached to an aromatic ring is 1. The Morgan fingerprint density at radius 3 is 2.71 bits per heavy atom. The van der Waals surface area contributed by atoms with Crippen molar-refractivity contribution in [2.45, 2.75) is 25.8 Å². The number of carbonyl (C=O) groups is 1. The van der Waals surface area contributed by atoms with Gasteiger partial charge in [-0.3, -0.25) is 9.48 Å². The van der Waals surface area contributed by atoms with Crippen LogP contribution >= 0.6 is 0 Å². The summed E-state index contributed by atoms with van der Waals surface area (Å²) >= 11 is 0. The molecule has 1 atom stereocenters. The Kier molecular flexibility index (Phi) is 4.46. The number of hydrogen-bond acceptors (Lipinski definition) is 4. The molecule has 6 nitrogen and oxygen atoms in total. The van der Waals surface area contributed by atoms with Gasteiger partial charge in [-0.25, -0.2) is 0 Å². The predicted octanol–water partition coefficient (Wildman–Crippen LogP) is 2.05. The molecule has 2 N–H and O–H groups in total. The number of amides is 1. The van der Waals surface area contributed by atoms with Crippen molar-refractivity contribution in [3.05, 3.63) is 41.6 Å². The van der Waals surface area contributed by atoms with E-state index in [2.05, 4.69) is 29.2 Å². The standard InChI is InChI=1S/C18H25N5O/c1-13-16(17(19)22(3)20-13)18(24)23-11-7-10-15(23)12-21(2)14-8-5-4-6-9-14/h4-6,8-9,15H,7,10-12,19H2,1-3H3. The topological polar surface area (TPSA) is 67.4 Å². The van der Waals surface area contributed by atoms with Crippen molar-refractivity contribution in [2.24, 2.45) is 7.05 Å². The molecule has 1 aromatic heterocycles. The number of nitrogens with two attached hydrogens (primary N) is 1. The van der Waals surface area contributed by atoms with Crippen molar-refractivity contribution in [3.63, 3.8) is 0 Å². The van der Waals surface area contributed by atoms with E-state index < -0.39 is 0 Å². The maximum Gasteiger partial charge on any atom is 0.259 e. The zero-order valence-electron chi connectivity index (χ0n) is 14.6. The molecule has 128 valence electrons. The molecule has 2 aromatic rings. The molecule has 1 aromatic carbocycles. The second kappa shape index (κ2) is 6.55. The van der Waals surface area contributed by atoms with Gasteiger partial charge >= 0.3 is 0 Å². The average Bonchev–Trinajstić information content (AvgIpc) is 3.12. The van der Waals surface area contributed by atoms with Crippen LogP contribution in [0.1, 0.15) is 28.9 Å². The Hall–Kier alpha value is -2.50. The molecule has 1 aliphatic rings. The van der Waals surface area contributed by atoms with Crippen LogP contribution in [0.3, 0.4) is 0 Å². The number of aromatic nitrogens is 2. The van der Waals surface area contributed by atoms with Crippen LogP contribution in [0.2, 0.25) is 0 Å². The van der Waals surface area contributed by atoms with Crippen molar-refractivity contribution in [3.8, 4) is 0 Å². The van der Waals surface area contributed by atoms with Gasteiger partial charge in [-0.15, -0.1) is 0 Å². The van der Waals surface area contributed by atoms with Gasteiger partial charge in [-0.2, -0.15) is 5.10 Å². The molecule has 1 amide bonds. The zero-order chi connectivity index (χ0) is 17.3. The molecule has 0 bridgehead atoms. The van der Waals surface area contributed by atoms with Crippen molar-refractivity contribution in [1.82, 2.24) is 14.7 Å². The number of para-hydroxylation sites is 1. The van der Waals surface area contributed by atoms with Crippen LogP contribution in [-0.4, -0.2) is 46.8 Å². The highest BCUT2D eigenvalue weighted by molar-refractivity contribution is 6.00. The first-order valence-corrected chi connectivity index (χ1v) is 8.35. The molecule has 6 heteroatoms. The lowest BCUT2D eigenvalue weighted by Crippen LogP contribution is -2.42. The monoisotopic (exact) mass is 327 g/mol. The third-order valence-corrected chi connectivity index (χ3v) is 4.80. The first kappa shape index (κ1) is 16.4. The maximum atomic E-state index is 13.0. The van der Waals surface area contributed by atoms with Gasteiger partial charge in [0.25, 0.3) is 5.91 Å². The van der Waals surface area contributed by atoms with Gasteiger partial charge in [0.05, 0.1) is 5.69 Å². The van der Waals surface area contributed by atoms with Gasteiger partial charge in [-0.1, -0.05) is 18.2 Å². The van der Waals surface area contributed by atoms with Gasteiger partial charge in [0, 0.05) is 38.9 Å². The number of carbonyl (C=O) groups excluding carboxylic acids is 1. The van der Waals surface area contributed by atoms with Crippen LogP contribution in [-0.2, 0) is 7.05 Å². The molecule has 1 saturated heterocycles. The summed E-state index contributed by atoms with van der Waals surface area (Å²) in [5, 5.41) is 4.27. The van der Waals surface area contributed by atoms with Crippen molar-refractivity contribution < 1.29 is 4.79 Å². The Bertz CT molecular complexity index is 725. The lowest BCUT2D eigenvalue weighted by molar-refractivity contribution is 0.0741. The number of aryl methyl sites for hydroxylation is 2. The number of rotatable bonds is 4. The first-order valence-electron chi connectivity index (χ1n) is 8.35. The fourth-order valence-electron chi connectivity index (χ4n) is 3.48. The minimum Gasteiger partial charge on any atom is -0.383 e. The molecule has 0 spiro atoms. The van der Waals surface area contributed by atoms with Crippen LogP contribution in [0.25, 0.3) is 0 Å². The number of hydrogen-bond donors (Lipinski definition) is 1. The summed E-state index contributed by atoms with van der Waals surface area (Å²) in [6.45, 7) is 3.43. The Morgan fingerprint density at radius 2 is 2.08 bits per heavy atom. The summed E-state index contributed by atoms with van der Waals surface area (Å²) in [5.41, 5.74) is 8.46. The summed E-state index contributed by atoms with van der Waals surface area (Å²) in [4.78, 5) is 17.2. The van der Waals surface area contributed by atoms with Crippen LogP contribution in [0.4, 0.5) is 11.5 Å². The van der Waals surface area contributed by atoms with Crippen molar-refractivity contribution in [2.75, 3.05) is 30.8 Å². The molecular formula is C18H25N5O. The molecule has 0 aliphatic carbocycles. The van der Waals surface area contributed by atoms with Crippen molar-refractivity contribution >= 4 is 17.4 Å². The fraction of sp³-hybridized carbons (Fsp3) is 0.444. The lowest BCUT2D eigenvalue weighted by Gasteiger charge is -2.30. The molecule has 0 radical (unpaired) electrons. The van der Waals surface area contributed by atoms with E-state index in [0.717, 1.165) is 31.6 Å². The van der Waals surface area contributed by atoms with Gasteiger partial charge < -0.3 is 15.5 Å². The molecule has 1 fully saturated rings. The molecule has 3 rings (SSSR count). The molecular weight excluding hydrogens is 302 g/mol. The Balaban J connectivity index is 1.77. The highest BCUT2D eigenvalue weighted by Gasteiger charge is 2.33. The maximum absolute atomic E-state index is 13.0. The normalized spacial score (nSPS) is 17.3. The first-order chi connectivity index (χ1) is 11.5. The molecule has 1 aliphatic heterocycles.